The number of amides is 1. The van der Waals surface area contributed by atoms with E-state index in [0.717, 1.165) is 11.1 Å². The van der Waals surface area contributed by atoms with Gasteiger partial charge in [0.25, 0.3) is 5.91 Å². The summed E-state index contributed by atoms with van der Waals surface area (Å²) < 4.78 is 0. The van der Waals surface area contributed by atoms with Gasteiger partial charge in [-0.2, -0.15) is 10.2 Å². The standard InChI is InChI=1S/C19H17ClN4O2/c1-2-16(12-7-9-13(25)10-8-12)21-24-19(26)18-11-17(22-23-18)14-5-3-4-6-15(14)20/h3-11,25H,2H2,1H3,(H,22,23)(H,24,26)/b21-16-. The van der Waals surface area contributed by atoms with E-state index in [0.29, 0.717) is 22.8 Å². The van der Waals surface area contributed by atoms with Gasteiger partial charge in [-0.25, -0.2) is 5.43 Å². The van der Waals surface area contributed by atoms with Gasteiger partial charge >= 0.3 is 0 Å². The van der Waals surface area contributed by atoms with Crippen LogP contribution in [0.15, 0.2) is 59.7 Å². The second kappa shape index (κ2) is 7.84. The van der Waals surface area contributed by atoms with E-state index in [1.165, 1.54) is 0 Å². The van der Waals surface area contributed by atoms with Crippen LogP contribution in [-0.2, 0) is 0 Å². The molecule has 2 aromatic carbocycles. The molecular weight excluding hydrogens is 352 g/mol. The van der Waals surface area contributed by atoms with Crippen molar-refractivity contribution in [2.75, 3.05) is 0 Å². The zero-order valence-electron chi connectivity index (χ0n) is 14.0. The maximum Gasteiger partial charge on any atom is 0.289 e. The van der Waals surface area contributed by atoms with Crippen molar-refractivity contribution in [2.24, 2.45) is 5.10 Å². The summed E-state index contributed by atoms with van der Waals surface area (Å²) in [5, 5.41) is 20.9. The number of carbonyl (C=O) groups is 1. The van der Waals surface area contributed by atoms with Crippen molar-refractivity contribution in [1.29, 1.82) is 0 Å². The molecule has 3 rings (SSSR count). The van der Waals surface area contributed by atoms with Crippen molar-refractivity contribution in [1.82, 2.24) is 15.6 Å². The molecular formula is C19H17ClN4O2. The summed E-state index contributed by atoms with van der Waals surface area (Å²) in [6.07, 6.45) is 0.624. The summed E-state index contributed by atoms with van der Waals surface area (Å²) in [6.45, 7) is 1.93. The van der Waals surface area contributed by atoms with Crippen LogP contribution in [0.3, 0.4) is 0 Å². The molecule has 0 aliphatic rings. The first-order chi connectivity index (χ1) is 12.6. The Labute approximate surface area is 155 Å². The number of nitrogens with zero attached hydrogens (tertiary/aromatic N) is 2. The molecule has 3 N–H and O–H groups in total. The highest BCUT2D eigenvalue weighted by molar-refractivity contribution is 6.33. The Kier molecular flexibility index (Phi) is 5.34. The molecule has 7 heteroatoms. The fourth-order valence-electron chi connectivity index (χ4n) is 2.42. The molecule has 0 saturated heterocycles. The van der Waals surface area contributed by atoms with Crippen molar-refractivity contribution in [2.45, 2.75) is 13.3 Å². The normalized spacial score (nSPS) is 11.4. The Hall–Kier alpha value is -3.12. The van der Waals surface area contributed by atoms with Gasteiger partial charge in [0.2, 0.25) is 0 Å². The summed E-state index contributed by atoms with van der Waals surface area (Å²) >= 11 is 6.15. The van der Waals surface area contributed by atoms with E-state index < -0.39 is 5.91 Å². The fraction of sp³-hybridized carbons (Fsp3) is 0.105. The molecule has 3 aromatic rings. The lowest BCUT2D eigenvalue weighted by Crippen LogP contribution is -2.20. The molecule has 1 heterocycles. The highest BCUT2D eigenvalue weighted by atomic mass is 35.5. The summed E-state index contributed by atoms with van der Waals surface area (Å²) in [6, 6.07) is 15.5. The predicted molar refractivity (Wildman–Crippen MR) is 101 cm³/mol. The van der Waals surface area contributed by atoms with Gasteiger partial charge in [0.15, 0.2) is 0 Å². The fourth-order valence-corrected chi connectivity index (χ4v) is 2.66. The molecule has 132 valence electrons. The van der Waals surface area contributed by atoms with Crippen molar-refractivity contribution >= 4 is 23.2 Å². The monoisotopic (exact) mass is 368 g/mol. The van der Waals surface area contributed by atoms with Crippen LogP contribution in [0.5, 0.6) is 5.75 Å². The summed E-state index contributed by atoms with van der Waals surface area (Å²) in [7, 11) is 0. The van der Waals surface area contributed by atoms with Crippen molar-refractivity contribution in [3.8, 4) is 17.0 Å². The van der Waals surface area contributed by atoms with Crippen LogP contribution in [0.4, 0.5) is 0 Å². The lowest BCUT2D eigenvalue weighted by molar-refractivity contribution is 0.0950. The van der Waals surface area contributed by atoms with Gasteiger partial charge in [-0.05, 0) is 48.4 Å². The van der Waals surface area contributed by atoms with Crippen LogP contribution in [0.1, 0.15) is 29.4 Å². The largest absolute Gasteiger partial charge is 0.508 e. The quantitative estimate of drug-likeness (QED) is 0.470. The number of aromatic hydroxyl groups is 1. The first-order valence-electron chi connectivity index (χ1n) is 8.05. The van der Waals surface area contributed by atoms with Gasteiger partial charge in [-0.1, -0.05) is 36.7 Å². The highest BCUT2D eigenvalue weighted by Gasteiger charge is 2.12. The van der Waals surface area contributed by atoms with E-state index >= 15 is 0 Å². The van der Waals surface area contributed by atoms with E-state index in [2.05, 4.69) is 20.7 Å². The van der Waals surface area contributed by atoms with Crippen molar-refractivity contribution in [3.05, 3.63) is 70.9 Å². The third kappa shape index (κ3) is 3.92. The van der Waals surface area contributed by atoms with Crippen LogP contribution in [0, 0.1) is 0 Å². The molecule has 0 fully saturated rings. The Bertz CT molecular complexity index is 948. The van der Waals surface area contributed by atoms with Gasteiger partial charge in [-0.15, -0.1) is 0 Å². The van der Waals surface area contributed by atoms with E-state index in [9.17, 15) is 9.90 Å². The minimum atomic E-state index is -0.402. The summed E-state index contributed by atoms with van der Waals surface area (Å²) in [5.74, 6) is -0.224. The molecule has 0 radical (unpaired) electrons. The van der Waals surface area contributed by atoms with Gasteiger partial charge in [-0.3, -0.25) is 9.89 Å². The maximum atomic E-state index is 12.3. The molecule has 0 aliphatic heterocycles. The minimum Gasteiger partial charge on any atom is -0.508 e. The first-order valence-corrected chi connectivity index (χ1v) is 8.43. The molecule has 0 atom stereocenters. The van der Waals surface area contributed by atoms with Crippen LogP contribution < -0.4 is 5.43 Å². The van der Waals surface area contributed by atoms with Gasteiger partial charge < -0.3 is 5.11 Å². The average Bonchev–Trinajstić information content (AvgIpc) is 3.14. The number of rotatable bonds is 5. The van der Waals surface area contributed by atoms with Crippen molar-refractivity contribution in [3.63, 3.8) is 0 Å². The molecule has 0 saturated carbocycles. The number of H-pyrrole nitrogens is 1. The van der Waals surface area contributed by atoms with Crippen LogP contribution in [0.2, 0.25) is 5.02 Å². The lowest BCUT2D eigenvalue weighted by Gasteiger charge is -2.04. The number of carbonyl (C=O) groups excluding carboxylic acids is 1. The number of hydrazone groups is 1. The Morgan fingerprint density at radius 3 is 2.65 bits per heavy atom. The second-order valence-corrected chi connectivity index (χ2v) is 5.95. The number of phenols is 1. The third-order valence-corrected chi connectivity index (χ3v) is 4.13. The number of halogens is 1. The third-order valence-electron chi connectivity index (χ3n) is 3.80. The SMILES string of the molecule is CC/C(=N/NC(=O)c1cc(-c2ccccc2Cl)n[nH]1)c1ccc(O)cc1. The van der Waals surface area contributed by atoms with Crippen LogP contribution >= 0.6 is 11.6 Å². The Balaban J connectivity index is 1.76. The molecule has 26 heavy (non-hydrogen) atoms. The minimum absolute atomic E-state index is 0.179. The van der Waals surface area contributed by atoms with E-state index in [-0.39, 0.29) is 11.4 Å². The maximum absolute atomic E-state index is 12.3. The topological polar surface area (TPSA) is 90.4 Å². The Morgan fingerprint density at radius 1 is 1.23 bits per heavy atom. The second-order valence-electron chi connectivity index (χ2n) is 5.55. The molecule has 6 nitrogen and oxygen atoms in total. The zero-order valence-corrected chi connectivity index (χ0v) is 14.8. The molecule has 0 aliphatic carbocycles. The first kappa shape index (κ1) is 17.7. The number of hydrogen-bond donors (Lipinski definition) is 3. The number of hydrogen-bond acceptors (Lipinski definition) is 4. The van der Waals surface area contributed by atoms with Gasteiger partial charge in [0.1, 0.15) is 11.4 Å². The molecule has 0 bridgehead atoms. The number of nitrogens with one attached hydrogen (secondary N) is 2. The molecule has 0 unspecified atom stereocenters. The van der Waals surface area contributed by atoms with Crippen molar-refractivity contribution < 1.29 is 9.90 Å². The number of aromatic nitrogens is 2. The van der Waals surface area contributed by atoms with Gasteiger partial charge in [0, 0.05) is 5.56 Å². The summed E-state index contributed by atoms with van der Waals surface area (Å²) in [5.41, 5.74) is 5.66. The number of phenolic OH excluding ortho intramolecular Hbond substituents is 1. The van der Waals surface area contributed by atoms with Crippen LogP contribution in [-0.4, -0.2) is 26.9 Å². The molecule has 1 aromatic heterocycles. The highest BCUT2D eigenvalue weighted by Crippen LogP contribution is 2.26. The number of aromatic amines is 1. The van der Waals surface area contributed by atoms with Gasteiger partial charge in [0.05, 0.1) is 16.4 Å². The smallest absolute Gasteiger partial charge is 0.289 e. The van der Waals surface area contributed by atoms with E-state index in [1.54, 1.807) is 36.4 Å². The lowest BCUT2D eigenvalue weighted by atomic mass is 10.1. The van der Waals surface area contributed by atoms with E-state index in [4.69, 9.17) is 11.6 Å². The number of benzene rings is 2. The molecule has 0 spiro atoms. The average molecular weight is 369 g/mol. The van der Waals surface area contributed by atoms with Crippen LogP contribution in [0.25, 0.3) is 11.3 Å². The zero-order chi connectivity index (χ0) is 18.5. The van der Waals surface area contributed by atoms with E-state index in [1.807, 2.05) is 25.1 Å². The summed E-state index contributed by atoms with van der Waals surface area (Å²) in [4.78, 5) is 12.3. The molecule has 1 amide bonds. The Morgan fingerprint density at radius 2 is 1.96 bits per heavy atom. The predicted octanol–water partition coefficient (Wildman–Crippen LogP) is 3.98.